The standard InChI is InChI=1S/3C15H24/c1-10-11-6-7-12-13(11)14(2,3)8-5-9-15(10,12)4;1-9-6-8-12-14(15(12,3)4)13-10(2)5-7-11(9)13;1-11-6-5-7-12(2)13-10-15(3,4)14(13)9-8-11/h11-13H,1,5-9H2,2-4H3;10-14H,1,5-8H2,2-4H3;6,13-14H,2,5,7-10H2,1,3-4H3/b;;11-6+/t11?,12?,13?,15-;10-,11+,12-,13-,14-;13-,14-/m011/s1. The van der Waals surface area contributed by atoms with Gasteiger partial charge >= 0.3 is 0 Å². The first-order valence-electron chi connectivity index (χ1n) is 19.7. The molecule has 7 fully saturated rings. The van der Waals surface area contributed by atoms with Crippen LogP contribution in [-0.2, 0) is 0 Å². The Morgan fingerprint density at radius 2 is 1.31 bits per heavy atom. The highest BCUT2D eigenvalue weighted by Crippen LogP contribution is 2.71. The van der Waals surface area contributed by atoms with Crippen molar-refractivity contribution in [1.82, 2.24) is 0 Å². The average molecular weight is 613 g/mol. The monoisotopic (exact) mass is 613 g/mol. The fraction of sp³-hybridized carbons (Fsp3) is 0.822. The first-order valence-corrected chi connectivity index (χ1v) is 19.7. The average Bonchev–Trinajstić information content (AvgIpc) is 3.26. The van der Waals surface area contributed by atoms with Gasteiger partial charge in [0.15, 0.2) is 0 Å². The predicted octanol–water partition coefficient (Wildman–Crippen LogP) is 13.4. The predicted molar refractivity (Wildman–Crippen MR) is 196 cm³/mol. The molecule has 8 aliphatic carbocycles. The maximum Gasteiger partial charge on any atom is -0.00849 e. The topological polar surface area (TPSA) is 0 Å². The second kappa shape index (κ2) is 11.8. The molecule has 4 bridgehead atoms. The van der Waals surface area contributed by atoms with Crippen LogP contribution in [0.1, 0.15) is 152 Å². The van der Waals surface area contributed by atoms with E-state index < -0.39 is 0 Å². The van der Waals surface area contributed by atoms with Gasteiger partial charge in [-0.15, -0.1) is 0 Å². The van der Waals surface area contributed by atoms with Crippen molar-refractivity contribution in [1.29, 1.82) is 0 Å². The van der Waals surface area contributed by atoms with Gasteiger partial charge in [-0.1, -0.05) is 110 Å². The molecule has 8 rings (SSSR count). The van der Waals surface area contributed by atoms with Gasteiger partial charge in [0.1, 0.15) is 0 Å². The number of rotatable bonds is 0. The first kappa shape index (κ1) is 33.8. The highest BCUT2D eigenvalue weighted by atomic mass is 14.7. The Hall–Kier alpha value is -1.04. The number of allylic oxidation sites excluding steroid dienone is 5. The van der Waals surface area contributed by atoms with E-state index in [-0.39, 0.29) is 0 Å². The Morgan fingerprint density at radius 3 is 2.02 bits per heavy atom. The molecule has 0 radical (unpaired) electrons. The van der Waals surface area contributed by atoms with Crippen molar-refractivity contribution < 1.29 is 0 Å². The quantitative estimate of drug-likeness (QED) is 0.239. The molecular formula is C45H72. The summed E-state index contributed by atoms with van der Waals surface area (Å²) in [6.07, 6.45) is 21.7. The van der Waals surface area contributed by atoms with Crippen LogP contribution in [0, 0.1) is 80.8 Å². The van der Waals surface area contributed by atoms with E-state index in [2.05, 4.69) is 88.1 Å². The van der Waals surface area contributed by atoms with E-state index in [1.54, 1.807) is 16.7 Å². The maximum absolute atomic E-state index is 4.46. The van der Waals surface area contributed by atoms with Crippen LogP contribution < -0.4 is 0 Å². The Morgan fingerprint density at radius 1 is 0.644 bits per heavy atom. The van der Waals surface area contributed by atoms with Gasteiger partial charge in [-0.05, 0) is 171 Å². The van der Waals surface area contributed by atoms with E-state index in [0.29, 0.717) is 21.7 Å². The first-order chi connectivity index (χ1) is 21.0. The van der Waals surface area contributed by atoms with E-state index >= 15 is 0 Å². The van der Waals surface area contributed by atoms with E-state index in [4.69, 9.17) is 0 Å². The van der Waals surface area contributed by atoms with E-state index in [9.17, 15) is 0 Å². The third-order valence-electron chi connectivity index (χ3n) is 16.6. The highest BCUT2D eigenvalue weighted by molar-refractivity contribution is 5.29. The van der Waals surface area contributed by atoms with Crippen LogP contribution >= 0.6 is 0 Å². The molecule has 0 N–H and O–H groups in total. The zero-order valence-electron chi connectivity index (χ0n) is 31.4. The zero-order chi connectivity index (χ0) is 32.7. The lowest BCUT2D eigenvalue weighted by molar-refractivity contribution is 0.00384. The van der Waals surface area contributed by atoms with Crippen LogP contribution in [0.2, 0.25) is 0 Å². The molecule has 0 aromatic carbocycles. The molecule has 0 heterocycles. The molecule has 0 nitrogen and oxygen atoms in total. The van der Waals surface area contributed by atoms with Crippen LogP contribution in [0.5, 0.6) is 0 Å². The summed E-state index contributed by atoms with van der Waals surface area (Å²) < 4.78 is 0. The Labute approximate surface area is 280 Å². The van der Waals surface area contributed by atoms with Gasteiger partial charge in [-0.3, -0.25) is 0 Å². The van der Waals surface area contributed by atoms with Crippen LogP contribution in [0.25, 0.3) is 0 Å². The highest BCUT2D eigenvalue weighted by Gasteiger charge is 2.64. The van der Waals surface area contributed by atoms with Gasteiger partial charge in [0.05, 0.1) is 0 Å². The SMILES string of the molecule is C=C1C2CCC3C2C(C)(C)CCC[C@@]13C.C=C1CC/C=C(\C)CC[C@@H]2[C@@H]1CC2(C)C.C=C1CC[C@@H]2[C@H]([C@@H]3[C@H](C)CC[C@@H]13)C2(C)C. The zero-order valence-corrected chi connectivity index (χ0v) is 31.4. The van der Waals surface area contributed by atoms with Gasteiger partial charge in [-0.2, -0.15) is 0 Å². The number of hydrogen-bond acceptors (Lipinski definition) is 0. The molecule has 0 spiro atoms. The lowest BCUT2D eigenvalue weighted by Crippen LogP contribution is -2.44. The lowest BCUT2D eigenvalue weighted by Gasteiger charge is -2.53. The van der Waals surface area contributed by atoms with Gasteiger partial charge in [0, 0.05) is 0 Å². The molecule has 0 aliphatic heterocycles. The minimum absolute atomic E-state index is 0.515. The smallest absolute Gasteiger partial charge is 0.00849 e. The minimum atomic E-state index is 0.515. The summed E-state index contributed by atoms with van der Waals surface area (Å²) >= 11 is 0. The van der Waals surface area contributed by atoms with Gasteiger partial charge in [0.25, 0.3) is 0 Å². The fourth-order valence-corrected chi connectivity index (χ4v) is 13.7. The molecule has 0 aromatic rings. The lowest BCUT2D eigenvalue weighted by atomic mass is 9.52. The Balaban J connectivity index is 0.000000119. The molecule has 8 aliphatic rings. The molecule has 11 atom stereocenters. The van der Waals surface area contributed by atoms with E-state index in [0.717, 1.165) is 59.2 Å². The third-order valence-corrected chi connectivity index (χ3v) is 16.6. The largest absolute Gasteiger partial charge is 0.0996 e. The Kier molecular flexibility index (Phi) is 8.90. The van der Waals surface area contributed by atoms with Crippen molar-refractivity contribution in [3.8, 4) is 0 Å². The summed E-state index contributed by atoms with van der Waals surface area (Å²) in [6.45, 7) is 35.3. The van der Waals surface area contributed by atoms with Crippen molar-refractivity contribution in [3.05, 3.63) is 48.1 Å². The molecule has 0 aromatic heterocycles. The van der Waals surface area contributed by atoms with Crippen LogP contribution in [-0.4, -0.2) is 0 Å². The molecule has 0 saturated heterocycles. The summed E-state index contributed by atoms with van der Waals surface area (Å²) in [5.74, 6) is 9.39. The summed E-state index contributed by atoms with van der Waals surface area (Å²) in [5, 5.41) is 0. The Bertz CT molecular complexity index is 1200. The van der Waals surface area contributed by atoms with Crippen LogP contribution in [0.3, 0.4) is 0 Å². The molecule has 7 saturated carbocycles. The number of fused-ring (bicyclic) bond motifs is 4. The summed E-state index contributed by atoms with van der Waals surface area (Å²) in [5.41, 5.74) is 8.63. The van der Waals surface area contributed by atoms with Crippen molar-refractivity contribution >= 4 is 0 Å². The third kappa shape index (κ3) is 5.75. The minimum Gasteiger partial charge on any atom is -0.0996 e. The van der Waals surface area contributed by atoms with Crippen molar-refractivity contribution in [2.75, 3.05) is 0 Å². The molecule has 0 heteroatoms. The van der Waals surface area contributed by atoms with Crippen molar-refractivity contribution in [2.45, 2.75) is 152 Å². The normalized spacial score (nSPS) is 47.6. The fourth-order valence-electron chi connectivity index (χ4n) is 13.7. The maximum atomic E-state index is 4.46. The summed E-state index contributed by atoms with van der Waals surface area (Å²) in [6, 6.07) is 0. The van der Waals surface area contributed by atoms with Crippen molar-refractivity contribution in [2.24, 2.45) is 80.8 Å². The van der Waals surface area contributed by atoms with Crippen molar-refractivity contribution in [3.63, 3.8) is 0 Å². The molecule has 252 valence electrons. The molecule has 45 heavy (non-hydrogen) atoms. The molecule has 0 amide bonds. The second-order valence-corrected chi connectivity index (χ2v) is 20.2. The van der Waals surface area contributed by atoms with Gasteiger partial charge in [-0.25, -0.2) is 0 Å². The summed E-state index contributed by atoms with van der Waals surface area (Å²) in [4.78, 5) is 0. The van der Waals surface area contributed by atoms with Crippen LogP contribution in [0.15, 0.2) is 48.1 Å². The molecule has 3 unspecified atom stereocenters. The van der Waals surface area contributed by atoms with E-state index in [1.165, 1.54) is 95.5 Å². The summed E-state index contributed by atoms with van der Waals surface area (Å²) in [7, 11) is 0. The van der Waals surface area contributed by atoms with E-state index in [1.807, 2.05) is 0 Å². The number of hydrogen-bond donors (Lipinski definition) is 0. The van der Waals surface area contributed by atoms with Crippen LogP contribution in [0.4, 0.5) is 0 Å². The van der Waals surface area contributed by atoms with Gasteiger partial charge in [0.2, 0.25) is 0 Å². The second-order valence-electron chi connectivity index (χ2n) is 20.2. The molecular weight excluding hydrogens is 540 g/mol. The van der Waals surface area contributed by atoms with Gasteiger partial charge < -0.3 is 0 Å².